The van der Waals surface area contributed by atoms with Gasteiger partial charge in [0.15, 0.2) is 0 Å². The number of nitrogens with zero attached hydrogens (tertiary/aromatic N) is 1. The van der Waals surface area contributed by atoms with Crippen LogP contribution in [0.3, 0.4) is 0 Å². The normalized spacial score (nSPS) is 10.1. The van der Waals surface area contributed by atoms with E-state index in [1.165, 1.54) is 37.1 Å². The Morgan fingerprint density at radius 2 is 2.06 bits per heavy atom. The molecule has 92 valence electrons. The SMILES string of the molecule is Cc1c(F)cccc1C(=O)N(C)CCC(=O)O. The van der Waals surface area contributed by atoms with Crippen molar-refractivity contribution in [3.63, 3.8) is 0 Å². The minimum absolute atomic E-state index is 0.101. The van der Waals surface area contributed by atoms with Gasteiger partial charge in [0, 0.05) is 19.2 Å². The lowest BCUT2D eigenvalue weighted by molar-refractivity contribution is -0.137. The first kappa shape index (κ1) is 13.2. The number of aliphatic carboxylic acids is 1. The molecule has 1 aromatic carbocycles. The van der Waals surface area contributed by atoms with Crippen molar-refractivity contribution < 1.29 is 19.1 Å². The van der Waals surface area contributed by atoms with Gasteiger partial charge in [-0.3, -0.25) is 9.59 Å². The maximum Gasteiger partial charge on any atom is 0.305 e. The Morgan fingerprint density at radius 1 is 1.41 bits per heavy atom. The topological polar surface area (TPSA) is 57.6 Å². The summed E-state index contributed by atoms with van der Waals surface area (Å²) >= 11 is 0. The van der Waals surface area contributed by atoms with Crippen molar-refractivity contribution >= 4 is 11.9 Å². The summed E-state index contributed by atoms with van der Waals surface area (Å²) in [5.41, 5.74) is 0.539. The molecular weight excluding hydrogens is 225 g/mol. The molecule has 0 spiro atoms. The molecule has 0 unspecified atom stereocenters. The van der Waals surface area contributed by atoms with Crippen molar-refractivity contribution in [2.45, 2.75) is 13.3 Å². The van der Waals surface area contributed by atoms with Gasteiger partial charge in [-0.05, 0) is 24.6 Å². The first-order valence-electron chi connectivity index (χ1n) is 5.16. The number of carboxylic acid groups (broad SMARTS) is 1. The molecule has 0 saturated carbocycles. The summed E-state index contributed by atoms with van der Waals surface area (Å²) in [6.07, 6.45) is -0.128. The molecule has 0 atom stereocenters. The van der Waals surface area contributed by atoms with Crippen molar-refractivity contribution in [1.82, 2.24) is 4.90 Å². The molecule has 0 radical (unpaired) electrons. The maximum atomic E-state index is 13.3. The molecular formula is C12H14FNO3. The first-order chi connectivity index (χ1) is 7.93. The lowest BCUT2D eigenvalue weighted by Gasteiger charge is -2.17. The quantitative estimate of drug-likeness (QED) is 0.869. The fourth-order valence-corrected chi connectivity index (χ4v) is 1.41. The molecule has 1 amide bonds. The minimum atomic E-state index is -0.972. The van der Waals surface area contributed by atoms with Gasteiger partial charge in [-0.25, -0.2) is 4.39 Å². The molecule has 1 rings (SSSR count). The van der Waals surface area contributed by atoms with Crippen LogP contribution in [0.2, 0.25) is 0 Å². The van der Waals surface area contributed by atoms with E-state index in [2.05, 4.69) is 0 Å². The van der Waals surface area contributed by atoms with Crippen molar-refractivity contribution in [3.8, 4) is 0 Å². The number of hydrogen-bond donors (Lipinski definition) is 1. The van der Waals surface area contributed by atoms with Gasteiger partial charge >= 0.3 is 5.97 Å². The monoisotopic (exact) mass is 239 g/mol. The van der Waals surface area contributed by atoms with Crippen molar-refractivity contribution in [3.05, 3.63) is 35.1 Å². The third kappa shape index (κ3) is 3.27. The van der Waals surface area contributed by atoms with Crippen LogP contribution in [-0.2, 0) is 4.79 Å². The predicted molar refractivity (Wildman–Crippen MR) is 60.4 cm³/mol. The molecule has 5 heteroatoms. The van der Waals surface area contributed by atoms with E-state index in [0.29, 0.717) is 0 Å². The summed E-state index contributed by atoms with van der Waals surface area (Å²) in [5.74, 6) is -1.79. The maximum absolute atomic E-state index is 13.3. The third-order valence-electron chi connectivity index (χ3n) is 2.51. The highest BCUT2D eigenvalue weighted by molar-refractivity contribution is 5.95. The second-order valence-corrected chi connectivity index (χ2v) is 3.78. The van der Waals surface area contributed by atoms with E-state index in [9.17, 15) is 14.0 Å². The lowest BCUT2D eigenvalue weighted by Crippen LogP contribution is -2.29. The van der Waals surface area contributed by atoms with Gasteiger partial charge in [-0.2, -0.15) is 0 Å². The molecule has 0 aliphatic heterocycles. The zero-order valence-electron chi connectivity index (χ0n) is 9.74. The molecule has 1 aromatic rings. The Balaban J connectivity index is 2.82. The number of rotatable bonds is 4. The van der Waals surface area contributed by atoms with Gasteiger partial charge in [-0.15, -0.1) is 0 Å². The molecule has 0 saturated heterocycles. The molecule has 0 aliphatic carbocycles. The van der Waals surface area contributed by atoms with Crippen molar-refractivity contribution in [2.75, 3.05) is 13.6 Å². The molecule has 0 aromatic heterocycles. The molecule has 0 fully saturated rings. The van der Waals surface area contributed by atoms with Gasteiger partial charge in [0.05, 0.1) is 6.42 Å². The first-order valence-corrected chi connectivity index (χ1v) is 5.16. The van der Waals surface area contributed by atoms with Crippen LogP contribution in [-0.4, -0.2) is 35.5 Å². The summed E-state index contributed by atoms with van der Waals surface area (Å²) < 4.78 is 13.3. The fraction of sp³-hybridized carbons (Fsp3) is 0.333. The minimum Gasteiger partial charge on any atom is -0.481 e. The molecule has 0 bridgehead atoms. The summed E-state index contributed by atoms with van der Waals surface area (Å²) in [6, 6.07) is 4.27. The van der Waals surface area contributed by atoms with E-state index >= 15 is 0 Å². The van der Waals surface area contributed by atoms with Crippen LogP contribution in [0.4, 0.5) is 4.39 Å². The molecule has 17 heavy (non-hydrogen) atoms. The van der Waals surface area contributed by atoms with E-state index in [1.807, 2.05) is 0 Å². The summed E-state index contributed by atoms with van der Waals surface area (Å²) in [5, 5.41) is 8.52. The second-order valence-electron chi connectivity index (χ2n) is 3.78. The smallest absolute Gasteiger partial charge is 0.305 e. The van der Waals surface area contributed by atoms with Gasteiger partial charge in [0.25, 0.3) is 5.91 Å². The summed E-state index contributed by atoms with van der Waals surface area (Å²) in [7, 11) is 1.50. The molecule has 0 aliphatic rings. The van der Waals surface area contributed by atoms with Crippen LogP contribution in [0.25, 0.3) is 0 Å². The number of carbonyl (C=O) groups is 2. The van der Waals surface area contributed by atoms with Crippen LogP contribution < -0.4 is 0 Å². The van der Waals surface area contributed by atoms with Crippen molar-refractivity contribution in [1.29, 1.82) is 0 Å². The van der Waals surface area contributed by atoms with Gasteiger partial charge in [0.1, 0.15) is 5.82 Å². The highest BCUT2D eigenvalue weighted by Gasteiger charge is 2.16. The highest BCUT2D eigenvalue weighted by atomic mass is 19.1. The van der Waals surface area contributed by atoms with Crippen LogP contribution in [0, 0.1) is 12.7 Å². The summed E-state index contributed by atoms with van der Waals surface area (Å²) in [4.78, 5) is 23.6. The fourth-order valence-electron chi connectivity index (χ4n) is 1.41. The van der Waals surface area contributed by atoms with Crippen LogP contribution in [0.15, 0.2) is 18.2 Å². The van der Waals surface area contributed by atoms with E-state index in [4.69, 9.17) is 5.11 Å². The predicted octanol–water partition coefficient (Wildman–Crippen LogP) is 1.68. The Kier molecular flexibility index (Phi) is 4.20. The number of hydrogen-bond acceptors (Lipinski definition) is 2. The number of benzene rings is 1. The van der Waals surface area contributed by atoms with E-state index in [-0.39, 0.29) is 30.0 Å². The standard InChI is InChI=1S/C12H14FNO3/c1-8-9(4-3-5-10(8)13)12(17)14(2)7-6-11(15)16/h3-5H,6-7H2,1-2H3,(H,15,16). The summed E-state index contributed by atoms with van der Waals surface area (Å²) in [6.45, 7) is 1.62. The van der Waals surface area contributed by atoms with Crippen molar-refractivity contribution in [2.24, 2.45) is 0 Å². The zero-order chi connectivity index (χ0) is 13.0. The highest BCUT2D eigenvalue weighted by Crippen LogP contribution is 2.14. The number of carboxylic acids is 1. The van der Waals surface area contributed by atoms with Crippen LogP contribution in [0.1, 0.15) is 22.3 Å². The van der Waals surface area contributed by atoms with Gasteiger partial charge < -0.3 is 10.0 Å². The number of halogens is 1. The Bertz CT molecular complexity index is 445. The average molecular weight is 239 g/mol. The lowest BCUT2D eigenvalue weighted by atomic mass is 10.1. The third-order valence-corrected chi connectivity index (χ3v) is 2.51. The number of carbonyl (C=O) groups excluding carboxylic acids is 1. The second kappa shape index (κ2) is 5.43. The average Bonchev–Trinajstić information content (AvgIpc) is 2.28. The van der Waals surface area contributed by atoms with Gasteiger partial charge in [-0.1, -0.05) is 6.07 Å². The van der Waals surface area contributed by atoms with E-state index < -0.39 is 11.8 Å². The van der Waals surface area contributed by atoms with E-state index in [0.717, 1.165) is 0 Å². The molecule has 1 N–H and O–H groups in total. The van der Waals surface area contributed by atoms with Crippen LogP contribution >= 0.6 is 0 Å². The van der Waals surface area contributed by atoms with E-state index in [1.54, 1.807) is 0 Å². The largest absolute Gasteiger partial charge is 0.481 e. The van der Waals surface area contributed by atoms with Gasteiger partial charge in [0.2, 0.25) is 0 Å². The van der Waals surface area contributed by atoms with Crippen LogP contribution in [0.5, 0.6) is 0 Å². The Hall–Kier alpha value is -1.91. The Morgan fingerprint density at radius 3 is 2.65 bits per heavy atom. The molecule has 0 heterocycles. The number of amides is 1. The zero-order valence-corrected chi connectivity index (χ0v) is 9.74. The molecule has 4 nitrogen and oxygen atoms in total. The Labute approximate surface area is 98.7 Å².